The van der Waals surface area contributed by atoms with Crippen LogP contribution in [0, 0.1) is 0 Å². The average molecular weight is 225 g/mol. The van der Waals surface area contributed by atoms with Crippen LogP contribution >= 0.6 is 11.6 Å². The first-order valence-corrected chi connectivity index (χ1v) is 4.48. The van der Waals surface area contributed by atoms with Crippen LogP contribution < -0.4 is 17.3 Å². The molecule has 7 heteroatoms. The van der Waals surface area contributed by atoms with Crippen molar-refractivity contribution < 1.29 is 0 Å². The lowest BCUT2D eigenvalue weighted by molar-refractivity contribution is 1.02. The first kappa shape index (κ1) is 9.60. The minimum absolute atomic E-state index is 0.124. The van der Waals surface area contributed by atoms with Crippen LogP contribution in [0.15, 0.2) is 18.2 Å². The van der Waals surface area contributed by atoms with Gasteiger partial charge in [0.05, 0.1) is 0 Å². The fourth-order valence-electron chi connectivity index (χ4n) is 1.22. The predicted octanol–water partition coefficient (Wildman–Crippen LogP) is 0.477. The lowest BCUT2D eigenvalue weighted by atomic mass is 10.2. The summed E-state index contributed by atoms with van der Waals surface area (Å²) >= 11 is 5.77. The third-order valence-corrected chi connectivity index (χ3v) is 2.21. The molecule has 15 heavy (non-hydrogen) atoms. The standard InChI is InChI=1S/C8H9ClN6/c9-4-1-2-5(6(10)3-4)7-13-14-8(11)15(7)12/h1-3H,10,12H2,(H2,11,14). The highest BCUT2D eigenvalue weighted by Crippen LogP contribution is 2.26. The largest absolute Gasteiger partial charge is 0.398 e. The second kappa shape index (κ2) is 3.32. The van der Waals surface area contributed by atoms with Crippen molar-refractivity contribution in [3.8, 4) is 11.4 Å². The van der Waals surface area contributed by atoms with Gasteiger partial charge in [-0.2, -0.15) is 0 Å². The summed E-state index contributed by atoms with van der Waals surface area (Å²) in [6.45, 7) is 0. The molecule has 0 saturated heterocycles. The van der Waals surface area contributed by atoms with E-state index >= 15 is 0 Å². The number of halogens is 1. The Labute approximate surface area is 90.6 Å². The van der Waals surface area contributed by atoms with E-state index in [4.69, 9.17) is 28.9 Å². The Bertz CT molecular complexity index is 506. The molecule has 0 aliphatic rings. The van der Waals surface area contributed by atoms with Gasteiger partial charge in [0.25, 0.3) is 0 Å². The fraction of sp³-hybridized carbons (Fsp3) is 0. The number of nitrogens with zero attached hydrogens (tertiary/aromatic N) is 3. The van der Waals surface area contributed by atoms with Gasteiger partial charge >= 0.3 is 0 Å². The molecule has 6 N–H and O–H groups in total. The number of benzene rings is 1. The molecule has 0 aliphatic carbocycles. The minimum atomic E-state index is 0.124. The molecule has 2 rings (SSSR count). The van der Waals surface area contributed by atoms with Crippen LogP contribution in [0.2, 0.25) is 5.02 Å². The number of aromatic nitrogens is 3. The van der Waals surface area contributed by atoms with Crippen molar-refractivity contribution >= 4 is 23.2 Å². The number of anilines is 2. The van der Waals surface area contributed by atoms with Crippen molar-refractivity contribution in [3.05, 3.63) is 23.2 Å². The lowest BCUT2D eigenvalue weighted by Crippen LogP contribution is -2.13. The third kappa shape index (κ3) is 1.55. The number of nitrogen functional groups attached to an aromatic ring is 3. The summed E-state index contributed by atoms with van der Waals surface area (Å²) in [6.07, 6.45) is 0. The van der Waals surface area contributed by atoms with Crippen LogP contribution in [-0.4, -0.2) is 14.9 Å². The van der Waals surface area contributed by atoms with Crippen molar-refractivity contribution in [1.82, 2.24) is 14.9 Å². The Morgan fingerprint density at radius 2 is 1.93 bits per heavy atom. The zero-order valence-electron chi connectivity index (χ0n) is 7.68. The number of rotatable bonds is 1. The topological polar surface area (TPSA) is 109 Å². The van der Waals surface area contributed by atoms with E-state index in [2.05, 4.69) is 10.2 Å². The summed E-state index contributed by atoms with van der Waals surface area (Å²) in [5, 5.41) is 8.00. The van der Waals surface area contributed by atoms with Gasteiger partial charge in [-0.25, -0.2) is 4.68 Å². The van der Waals surface area contributed by atoms with Crippen molar-refractivity contribution in [1.29, 1.82) is 0 Å². The van der Waals surface area contributed by atoms with Gasteiger partial charge in [0.15, 0.2) is 5.82 Å². The van der Waals surface area contributed by atoms with Crippen LogP contribution in [0.25, 0.3) is 11.4 Å². The second-order valence-corrected chi connectivity index (χ2v) is 3.42. The second-order valence-electron chi connectivity index (χ2n) is 2.98. The number of hydrogen-bond donors (Lipinski definition) is 3. The van der Waals surface area contributed by atoms with Crippen LogP contribution in [0.5, 0.6) is 0 Å². The van der Waals surface area contributed by atoms with Gasteiger partial charge in [-0.05, 0) is 18.2 Å². The maximum absolute atomic E-state index is 5.77. The van der Waals surface area contributed by atoms with Crippen molar-refractivity contribution in [3.63, 3.8) is 0 Å². The molecule has 0 fully saturated rings. The maximum atomic E-state index is 5.77. The lowest BCUT2D eigenvalue weighted by Gasteiger charge is -2.04. The summed E-state index contributed by atoms with van der Waals surface area (Å²) in [5.74, 6) is 6.15. The highest BCUT2D eigenvalue weighted by Gasteiger charge is 2.11. The summed E-state index contributed by atoms with van der Waals surface area (Å²) in [6, 6.07) is 5.02. The molecule has 0 atom stereocenters. The summed E-state index contributed by atoms with van der Waals surface area (Å²) in [7, 11) is 0. The Morgan fingerprint density at radius 3 is 2.47 bits per heavy atom. The molecule has 78 valence electrons. The van der Waals surface area contributed by atoms with E-state index < -0.39 is 0 Å². The number of hydrogen-bond acceptors (Lipinski definition) is 5. The van der Waals surface area contributed by atoms with E-state index in [9.17, 15) is 0 Å². The van der Waals surface area contributed by atoms with E-state index in [0.717, 1.165) is 0 Å². The van der Waals surface area contributed by atoms with E-state index in [0.29, 0.717) is 22.1 Å². The zero-order valence-corrected chi connectivity index (χ0v) is 8.44. The molecule has 0 bridgehead atoms. The molecular weight excluding hydrogens is 216 g/mol. The van der Waals surface area contributed by atoms with Gasteiger partial charge in [-0.3, -0.25) is 0 Å². The van der Waals surface area contributed by atoms with Crippen molar-refractivity contribution in [2.75, 3.05) is 17.3 Å². The van der Waals surface area contributed by atoms with Gasteiger partial charge in [-0.15, -0.1) is 10.2 Å². The van der Waals surface area contributed by atoms with Crippen molar-refractivity contribution in [2.24, 2.45) is 0 Å². The molecule has 0 aliphatic heterocycles. The first-order chi connectivity index (χ1) is 7.09. The van der Waals surface area contributed by atoms with E-state index in [1.807, 2.05) is 0 Å². The zero-order chi connectivity index (χ0) is 11.0. The predicted molar refractivity (Wildman–Crippen MR) is 59.4 cm³/mol. The van der Waals surface area contributed by atoms with Crippen molar-refractivity contribution in [2.45, 2.75) is 0 Å². The molecule has 1 aromatic carbocycles. The van der Waals surface area contributed by atoms with Gasteiger partial charge in [0.1, 0.15) is 0 Å². The Hall–Kier alpha value is -1.95. The summed E-state index contributed by atoms with van der Waals surface area (Å²) < 4.78 is 1.17. The normalized spacial score (nSPS) is 10.5. The molecule has 0 unspecified atom stereocenters. The Balaban J connectivity index is 2.59. The number of nitrogens with two attached hydrogens (primary N) is 3. The minimum Gasteiger partial charge on any atom is -0.398 e. The van der Waals surface area contributed by atoms with Gasteiger partial charge in [-0.1, -0.05) is 11.6 Å². The quantitative estimate of drug-likeness (QED) is 0.482. The Kier molecular flexibility index (Phi) is 2.12. The molecule has 0 radical (unpaired) electrons. The molecule has 1 aromatic heterocycles. The van der Waals surface area contributed by atoms with E-state index in [-0.39, 0.29) is 5.95 Å². The SMILES string of the molecule is Nc1cc(Cl)ccc1-c1nnc(N)n1N. The van der Waals surface area contributed by atoms with Crippen LogP contribution in [-0.2, 0) is 0 Å². The average Bonchev–Trinajstić information content (AvgIpc) is 2.49. The molecule has 1 heterocycles. The molecule has 0 amide bonds. The highest BCUT2D eigenvalue weighted by molar-refractivity contribution is 6.31. The summed E-state index contributed by atoms with van der Waals surface area (Å²) in [5.41, 5.74) is 12.3. The van der Waals surface area contributed by atoms with Gasteiger partial charge in [0, 0.05) is 16.3 Å². The first-order valence-electron chi connectivity index (χ1n) is 4.11. The fourth-order valence-corrected chi connectivity index (χ4v) is 1.40. The van der Waals surface area contributed by atoms with E-state index in [1.165, 1.54) is 4.68 Å². The smallest absolute Gasteiger partial charge is 0.241 e. The highest BCUT2D eigenvalue weighted by atomic mass is 35.5. The molecular formula is C8H9ClN6. The van der Waals surface area contributed by atoms with Gasteiger partial charge in [0.2, 0.25) is 5.95 Å². The monoisotopic (exact) mass is 224 g/mol. The maximum Gasteiger partial charge on any atom is 0.241 e. The van der Waals surface area contributed by atoms with E-state index in [1.54, 1.807) is 18.2 Å². The summed E-state index contributed by atoms with van der Waals surface area (Å²) in [4.78, 5) is 0. The molecule has 6 nitrogen and oxygen atoms in total. The molecule has 2 aromatic rings. The van der Waals surface area contributed by atoms with Crippen LogP contribution in [0.3, 0.4) is 0 Å². The third-order valence-electron chi connectivity index (χ3n) is 1.98. The molecule has 0 saturated carbocycles. The van der Waals surface area contributed by atoms with Crippen LogP contribution in [0.1, 0.15) is 0 Å². The molecule has 0 spiro atoms. The Morgan fingerprint density at radius 1 is 1.20 bits per heavy atom. The van der Waals surface area contributed by atoms with Crippen LogP contribution in [0.4, 0.5) is 11.6 Å². The van der Waals surface area contributed by atoms with Gasteiger partial charge < -0.3 is 17.3 Å².